The van der Waals surface area contributed by atoms with Gasteiger partial charge in [0.05, 0.1) is 16.8 Å². The molecule has 0 amide bonds. The van der Waals surface area contributed by atoms with Crippen LogP contribution in [0.4, 0.5) is 5.69 Å². The van der Waals surface area contributed by atoms with Crippen LogP contribution in [0.25, 0.3) is 0 Å². The van der Waals surface area contributed by atoms with Crippen LogP contribution >= 0.6 is 11.6 Å². The Morgan fingerprint density at radius 3 is 2.75 bits per heavy atom. The Balaban J connectivity index is 2.28. The number of hydrogen-bond donors (Lipinski definition) is 1. The van der Waals surface area contributed by atoms with Crippen LogP contribution in [-0.4, -0.2) is 17.7 Å². The summed E-state index contributed by atoms with van der Waals surface area (Å²) in [6.45, 7) is 5.06. The van der Waals surface area contributed by atoms with E-state index in [9.17, 15) is 5.11 Å². The van der Waals surface area contributed by atoms with Crippen molar-refractivity contribution in [2.75, 3.05) is 11.4 Å². The van der Waals surface area contributed by atoms with Gasteiger partial charge in [0, 0.05) is 12.6 Å². The van der Waals surface area contributed by atoms with E-state index in [1.807, 2.05) is 18.2 Å². The molecule has 0 bridgehead atoms. The molecule has 2 rings (SSSR count). The Bertz CT molecular complexity index is 378. The second-order valence-corrected chi connectivity index (χ2v) is 4.98. The molecule has 0 saturated carbocycles. The van der Waals surface area contributed by atoms with E-state index in [1.165, 1.54) is 12.8 Å². The first-order chi connectivity index (χ1) is 7.59. The summed E-state index contributed by atoms with van der Waals surface area (Å²) in [5.74, 6) is 0. The number of hydrogen-bond acceptors (Lipinski definition) is 2. The topological polar surface area (TPSA) is 23.5 Å². The molecule has 2 unspecified atom stereocenters. The average Bonchev–Trinajstić information content (AvgIpc) is 2.64. The first-order valence-corrected chi connectivity index (χ1v) is 6.21. The third-order valence-corrected chi connectivity index (χ3v) is 3.62. The molecule has 0 radical (unpaired) electrons. The smallest absolute Gasteiger partial charge is 0.0762 e. The van der Waals surface area contributed by atoms with Crippen LogP contribution in [0.2, 0.25) is 5.02 Å². The Morgan fingerprint density at radius 2 is 2.25 bits per heavy atom. The second-order valence-electron chi connectivity index (χ2n) is 4.57. The normalized spacial score (nSPS) is 22.5. The largest absolute Gasteiger partial charge is 0.389 e. The van der Waals surface area contributed by atoms with Crippen molar-refractivity contribution in [2.45, 2.75) is 38.8 Å². The van der Waals surface area contributed by atoms with Crippen LogP contribution in [0.15, 0.2) is 18.2 Å². The van der Waals surface area contributed by atoms with Crippen molar-refractivity contribution in [2.24, 2.45) is 0 Å². The first-order valence-electron chi connectivity index (χ1n) is 5.83. The van der Waals surface area contributed by atoms with Gasteiger partial charge in [0.2, 0.25) is 0 Å². The van der Waals surface area contributed by atoms with Gasteiger partial charge in [0.15, 0.2) is 0 Å². The molecule has 1 aromatic carbocycles. The van der Waals surface area contributed by atoms with Crippen LogP contribution < -0.4 is 4.90 Å². The Labute approximate surface area is 102 Å². The maximum atomic E-state index is 9.48. The zero-order chi connectivity index (χ0) is 11.7. The van der Waals surface area contributed by atoms with Crippen molar-refractivity contribution in [3.63, 3.8) is 0 Å². The van der Waals surface area contributed by atoms with Crippen molar-refractivity contribution in [3.8, 4) is 0 Å². The minimum absolute atomic E-state index is 0.456. The molecule has 2 atom stereocenters. The maximum Gasteiger partial charge on any atom is 0.0762 e. The fraction of sp³-hybridized carbons (Fsp3) is 0.538. The summed E-state index contributed by atoms with van der Waals surface area (Å²) in [5.41, 5.74) is 1.97. The van der Waals surface area contributed by atoms with E-state index >= 15 is 0 Å². The number of halogens is 1. The van der Waals surface area contributed by atoms with Gasteiger partial charge in [-0.05, 0) is 44.4 Å². The summed E-state index contributed by atoms with van der Waals surface area (Å²) >= 11 is 6.27. The summed E-state index contributed by atoms with van der Waals surface area (Å²) in [5, 5.41) is 10.2. The molecule has 1 N–H and O–H groups in total. The monoisotopic (exact) mass is 239 g/mol. The standard InChI is InChI=1S/C13H18ClNO/c1-9-4-3-7-15(9)13-6-5-11(10(2)16)8-12(13)14/h5-6,8-10,16H,3-4,7H2,1-2H3. The molecule has 1 heterocycles. The minimum Gasteiger partial charge on any atom is -0.389 e. The highest BCUT2D eigenvalue weighted by molar-refractivity contribution is 6.33. The predicted octanol–water partition coefficient (Wildman–Crippen LogP) is 3.38. The predicted molar refractivity (Wildman–Crippen MR) is 68.1 cm³/mol. The average molecular weight is 240 g/mol. The van der Waals surface area contributed by atoms with Gasteiger partial charge >= 0.3 is 0 Å². The van der Waals surface area contributed by atoms with Gasteiger partial charge in [-0.2, -0.15) is 0 Å². The van der Waals surface area contributed by atoms with Crippen LogP contribution in [0, 0.1) is 0 Å². The number of aliphatic hydroxyl groups excluding tert-OH is 1. The molecule has 2 nitrogen and oxygen atoms in total. The van der Waals surface area contributed by atoms with Crippen LogP contribution in [0.5, 0.6) is 0 Å². The fourth-order valence-electron chi connectivity index (χ4n) is 2.31. The number of rotatable bonds is 2. The van der Waals surface area contributed by atoms with E-state index in [-0.39, 0.29) is 0 Å². The van der Waals surface area contributed by atoms with Crippen molar-refractivity contribution in [1.29, 1.82) is 0 Å². The molecule has 0 spiro atoms. The van der Waals surface area contributed by atoms with Crippen molar-refractivity contribution in [3.05, 3.63) is 28.8 Å². The lowest BCUT2D eigenvalue weighted by atomic mass is 10.1. The SMILES string of the molecule is CC(O)c1ccc(N2CCCC2C)c(Cl)c1. The highest BCUT2D eigenvalue weighted by atomic mass is 35.5. The Hall–Kier alpha value is -0.730. The van der Waals surface area contributed by atoms with Crippen molar-refractivity contribution in [1.82, 2.24) is 0 Å². The van der Waals surface area contributed by atoms with Gasteiger partial charge in [-0.25, -0.2) is 0 Å². The lowest BCUT2D eigenvalue weighted by Gasteiger charge is -2.25. The van der Waals surface area contributed by atoms with E-state index < -0.39 is 6.10 Å². The Kier molecular flexibility index (Phi) is 3.41. The molecule has 16 heavy (non-hydrogen) atoms. The fourth-order valence-corrected chi connectivity index (χ4v) is 2.60. The van der Waals surface area contributed by atoms with Crippen LogP contribution in [0.1, 0.15) is 38.4 Å². The Morgan fingerprint density at radius 1 is 1.50 bits per heavy atom. The van der Waals surface area contributed by atoms with E-state index in [2.05, 4.69) is 11.8 Å². The molecular formula is C13H18ClNO. The lowest BCUT2D eigenvalue weighted by Crippen LogP contribution is -2.26. The van der Waals surface area contributed by atoms with Gasteiger partial charge in [0.1, 0.15) is 0 Å². The van der Waals surface area contributed by atoms with Crippen molar-refractivity contribution >= 4 is 17.3 Å². The third-order valence-electron chi connectivity index (χ3n) is 3.32. The molecular weight excluding hydrogens is 222 g/mol. The van der Waals surface area contributed by atoms with E-state index in [0.717, 1.165) is 22.8 Å². The summed E-state index contributed by atoms with van der Waals surface area (Å²) in [7, 11) is 0. The molecule has 0 aliphatic carbocycles. The number of benzene rings is 1. The molecule has 1 saturated heterocycles. The minimum atomic E-state index is -0.456. The van der Waals surface area contributed by atoms with Gasteiger partial charge in [-0.1, -0.05) is 17.7 Å². The highest BCUT2D eigenvalue weighted by Gasteiger charge is 2.22. The highest BCUT2D eigenvalue weighted by Crippen LogP contribution is 2.33. The zero-order valence-corrected chi connectivity index (χ0v) is 10.5. The van der Waals surface area contributed by atoms with Crippen molar-refractivity contribution < 1.29 is 5.11 Å². The third kappa shape index (κ3) is 2.18. The lowest BCUT2D eigenvalue weighted by molar-refractivity contribution is 0.199. The van der Waals surface area contributed by atoms with Gasteiger partial charge in [-0.15, -0.1) is 0 Å². The number of anilines is 1. The second kappa shape index (κ2) is 4.64. The molecule has 1 aliphatic heterocycles. The summed E-state index contributed by atoms with van der Waals surface area (Å²) in [6, 6.07) is 6.41. The zero-order valence-electron chi connectivity index (χ0n) is 9.78. The van der Waals surface area contributed by atoms with E-state index in [4.69, 9.17) is 11.6 Å². The molecule has 1 aliphatic rings. The summed E-state index contributed by atoms with van der Waals surface area (Å²) in [6.07, 6.45) is 2.01. The first kappa shape index (κ1) is 11.7. The van der Waals surface area contributed by atoms with Gasteiger partial charge in [0.25, 0.3) is 0 Å². The summed E-state index contributed by atoms with van der Waals surface area (Å²) in [4.78, 5) is 2.34. The van der Waals surface area contributed by atoms with E-state index in [1.54, 1.807) is 6.92 Å². The van der Waals surface area contributed by atoms with Crippen LogP contribution in [0.3, 0.4) is 0 Å². The van der Waals surface area contributed by atoms with Gasteiger partial charge < -0.3 is 10.0 Å². The quantitative estimate of drug-likeness (QED) is 0.855. The molecule has 88 valence electrons. The van der Waals surface area contributed by atoms with E-state index in [0.29, 0.717) is 6.04 Å². The molecule has 0 aromatic heterocycles. The molecule has 1 fully saturated rings. The summed E-state index contributed by atoms with van der Waals surface area (Å²) < 4.78 is 0. The maximum absolute atomic E-state index is 9.48. The van der Waals surface area contributed by atoms with Crippen LogP contribution in [-0.2, 0) is 0 Å². The number of nitrogens with zero attached hydrogens (tertiary/aromatic N) is 1. The molecule has 3 heteroatoms. The van der Waals surface area contributed by atoms with Gasteiger partial charge in [-0.3, -0.25) is 0 Å². The molecule has 1 aromatic rings. The number of aliphatic hydroxyl groups is 1.